The Bertz CT molecular complexity index is 1090. The zero-order valence-corrected chi connectivity index (χ0v) is 17.4. The van der Waals surface area contributed by atoms with Gasteiger partial charge in [-0.2, -0.15) is 0 Å². The van der Waals surface area contributed by atoms with Gasteiger partial charge in [0.1, 0.15) is 0 Å². The molecule has 1 aliphatic heterocycles. The van der Waals surface area contributed by atoms with Crippen LogP contribution < -0.4 is 0 Å². The molecule has 2 aliphatic carbocycles. The van der Waals surface area contributed by atoms with Crippen LogP contribution in [0.4, 0.5) is 0 Å². The summed E-state index contributed by atoms with van der Waals surface area (Å²) in [7, 11) is 0. The molecule has 0 aromatic heterocycles. The van der Waals surface area contributed by atoms with Crippen LogP contribution in [0, 0.1) is 11.3 Å². The Morgan fingerprint density at radius 2 is 1.61 bits per heavy atom. The number of hydrogen-bond acceptors (Lipinski definition) is 3. The van der Waals surface area contributed by atoms with E-state index >= 15 is 0 Å². The van der Waals surface area contributed by atoms with Crippen LogP contribution in [0.3, 0.4) is 0 Å². The average molecular weight is 434 g/mol. The first-order valence-corrected chi connectivity index (χ1v) is 10.4. The van der Waals surface area contributed by atoms with Crippen LogP contribution in [-0.2, 0) is 4.79 Å². The summed E-state index contributed by atoms with van der Waals surface area (Å²) >= 11 is 3.49. The molecule has 28 heavy (non-hydrogen) atoms. The largest absolute Gasteiger partial charge is 0.294 e. The van der Waals surface area contributed by atoms with E-state index in [-0.39, 0.29) is 22.9 Å². The lowest BCUT2D eigenvalue weighted by Crippen LogP contribution is -2.37. The van der Waals surface area contributed by atoms with Gasteiger partial charge >= 0.3 is 0 Å². The Morgan fingerprint density at radius 1 is 0.929 bits per heavy atom. The zero-order valence-electron chi connectivity index (χ0n) is 15.8. The number of ketones is 2. The number of benzene rings is 2. The lowest BCUT2D eigenvalue weighted by atomic mass is 9.66. The van der Waals surface area contributed by atoms with Gasteiger partial charge in [0.25, 0.3) is 0 Å². The molecule has 140 valence electrons. The Morgan fingerprint density at radius 3 is 2.32 bits per heavy atom. The SMILES string of the molecule is CC1(C)CC(=O)C2=C(C1)N=C1c3ccccc3C(=O)[C@H]1[C@H]2c1ccc(Br)cc1. The number of halogens is 1. The highest BCUT2D eigenvalue weighted by Crippen LogP contribution is 2.51. The highest BCUT2D eigenvalue weighted by molar-refractivity contribution is 9.10. The summed E-state index contributed by atoms with van der Waals surface area (Å²) in [6.45, 7) is 4.23. The zero-order chi connectivity index (χ0) is 19.6. The number of allylic oxidation sites excluding steroid dienone is 2. The van der Waals surface area contributed by atoms with E-state index in [1.54, 1.807) is 0 Å². The number of nitrogens with zero attached hydrogens (tertiary/aromatic N) is 1. The summed E-state index contributed by atoms with van der Waals surface area (Å²) in [5.41, 5.74) is 4.97. The Balaban J connectivity index is 1.76. The van der Waals surface area contributed by atoms with E-state index in [2.05, 4.69) is 29.8 Å². The van der Waals surface area contributed by atoms with E-state index in [1.165, 1.54) is 0 Å². The van der Waals surface area contributed by atoms with Crippen molar-refractivity contribution in [3.63, 3.8) is 0 Å². The van der Waals surface area contributed by atoms with Gasteiger partial charge in [0, 0.05) is 39.2 Å². The van der Waals surface area contributed by atoms with Crippen molar-refractivity contribution >= 4 is 33.2 Å². The Hall–Kier alpha value is -2.33. The topological polar surface area (TPSA) is 46.5 Å². The molecular weight excluding hydrogens is 414 g/mol. The van der Waals surface area contributed by atoms with Crippen LogP contribution in [0.25, 0.3) is 0 Å². The van der Waals surface area contributed by atoms with Crippen LogP contribution in [0.15, 0.2) is 69.3 Å². The minimum atomic E-state index is -0.414. The molecular formula is C24H20BrNO2. The second kappa shape index (κ2) is 6.08. The highest BCUT2D eigenvalue weighted by atomic mass is 79.9. The fourth-order valence-corrected chi connectivity index (χ4v) is 5.18. The number of carbonyl (C=O) groups excluding carboxylic acids is 2. The molecule has 0 spiro atoms. The monoisotopic (exact) mass is 433 g/mol. The van der Waals surface area contributed by atoms with Gasteiger partial charge in [0.15, 0.2) is 11.6 Å². The van der Waals surface area contributed by atoms with Gasteiger partial charge < -0.3 is 0 Å². The third kappa shape index (κ3) is 2.58. The van der Waals surface area contributed by atoms with E-state index in [1.807, 2.05) is 48.5 Å². The first-order chi connectivity index (χ1) is 13.4. The summed E-state index contributed by atoms with van der Waals surface area (Å²) in [5, 5.41) is 0. The number of Topliss-reactive ketones (excluding diaryl/α,β-unsaturated/α-hetero) is 2. The van der Waals surface area contributed by atoms with Gasteiger partial charge in [-0.1, -0.05) is 66.2 Å². The first-order valence-electron chi connectivity index (χ1n) is 9.60. The molecule has 2 aromatic carbocycles. The molecule has 0 amide bonds. The molecule has 1 heterocycles. The van der Waals surface area contributed by atoms with Crippen molar-refractivity contribution in [2.75, 3.05) is 0 Å². The van der Waals surface area contributed by atoms with Crippen molar-refractivity contribution in [3.8, 4) is 0 Å². The standard InChI is InChI=1S/C24H20BrNO2/c1-24(2)11-17-20(18(27)12-24)19(13-7-9-14(25)10-8-13)21-22(26-17)15-5-3-4-6-16(15)23(21)28/h3-10,19,21H,11-12H2,1-2H3/t19-,21-/m0/s1. The first kappa shape index (κ1) is 17.7. The normalized spacial score (nSPS) is 25.2. The van der Waals surface area contributed by atoms with Crippen molar-refractivity contribution in [3.05, 3.63) is 81.0 Å². The van der Waals surface area contributed by atoms with E-state index in [9.17, 15) is 9.59 Å². The van der Waals surface area contributed by atoms with Crippen LogP contribution in [0.1, 0.15) is 54.1 Å². The van der Waals surface area contributed by atoms with Crippen molar-refractivity contribution in [2.24, 2.45) is 16.3 Å². The predicted molar refractivity (Wildman–Crippen MR) is 113 cm³/mol. The Kier molecular flexibility index (Phi) is 3.86. The van der Waals surface area contributed by atoms with Crippen molar-refractivity contribution < 1.29 is 9.59 Å². The lowest BCUT2D eigenvalue weighted by Gasteiger charge is -2.38. The van der Waals surface area contributed by atoms with Crippen molar-refractivity contribution in [1.29, 1.82) is 0 Å². The van der Waals surface area contributed by atoms with Crippen LogP contribution in [-0.4, -0.2) is 17.3 Å². The van der Waals surface area contributed by atoms with Crippen molar-refractivity contribution in [2.45, 2.75) is 32.6 Å². The van der Waals surface area contributed by atoms with Crippen LogP contribution in [0.5, 0.6) is 0 Å². The predicted octanol–water partition coefficient (Wildman–Crippen LogP) is 5.49. The molecule has 0 saturated carbocycles. The Labute approximate surface area is 172 Å². The van der Waals surface area contributed by atoms with E-state index in [0.29, 0.717) is 6.42 Å². The van der Waals surface area contributed by atoms with Gasteiger partial charge in [0.05, 0.1) is 11.6 Å². The molecule has 3 aliphatic rings. The summed E-state index contributed by atoms with van der Waals surface area (Å²) in [4.78, 5) is 31.5. The molecule has 0 bridgehead atoms. The molecule has 0 radical (unpaired) electrons. The average Bonchev–Trinajstić information content (AvgIpc) is 2.93. The molecule has 4 heteroatoms. The van der Waals surface area contributed by atoms with Gasteiger partial charge in [-0.3, -0.25) is 14.6 Å². The van der Waals surface area contributed by atoms with Crippen LogP contribution in [0.2, 0.25) is 0 Å². The summed E-state index contributed by atoms with van der Waals surface area (Å²) in [6.07, 6.45) is 1.26. The van der Waals surface area contributed by atoms with E-state index in [4.69, 9.17) is 4.99 Å². The van der Waals surface area contributed by atoms with Crippen LogP contribution >= 0.6 is 15.9 Å². The minimum Gasteiger partial charge on any atom is -0.294 e. The molecule has 5 rings (SSSR count). The molecule has 0 unspecified atom stereocenters. The minimum absolute atomic E-state index is 0.0754. The third-order valence-corrected chi connectivity index (χ3v) is 6.60. The smallest absolute Gasteiger partial charge is 0.173 e. The molecule has 2 atom stereocenters. The maximum absolute atomic E-state index is 13.4. The number of hydrogen-bond donors (Lipinski definition) is 0. The van der Waals surface area contributed by atoms with Gasteiger partial charge in [-0.15, -0.1) is 0 Å². The number of fused-ring (bicyclic) bond motifs is 3. The second-order valence-electron chi connectivity index (χ2n) is 8.72. The number of carbonyl (C=O) groups is 2. The van der Waals surface area contributed by atoms with Gasteiger partial charge in [-0.05, 0) is 29.5 Å². The maximum atomic E-state index is 13.4. The fourth-order valence-electron chi connectivity index (χ4n) is 4.92. The van der Waals surface area contributed by atoms with Gasteiger partial charge in [0.2, 0.25) is 0 Å². The second-order valence-corrected chi connectivity index (χ2v) is 9.63. The molecule has 3 nitrogen and oxygen atoms in total. The summed E-state index contributed by atoms with van der Waals surface area (Å²) in [5.74, 6) is -0.473. The van der Waals surface area contributed by atoms with Crippen molar-refractivity contribution in [1.82, 2.24) is 0 Å². The molecule has 0 saturated heterocycles. The lowest BCUT2D eigenvalue weighted by molar-refractivity contribution is -0.118. The summed E-state index contributed by atoms with van der Waals surface area (Å²) in [6, 6.07) is 15.7. The molecule has 2 aromatic rings. The van der Waals surface area contributed by atoms with Gasteiger partial charge in [-0.25, -0.2) is 0 Å². The number of rotatable bonds is 1. The third-order valence-electron chi connectivity index (χ3n) is 6.07. The maximum Gasteiger partial charge on any atom is 0.173 e. The molecule has 0 N–H and O–H groups in total. The highest BCUT2D eigenvalue weighted by Gasteiger charge is 2.50. The van der Waals surface area contributed by atoms with E-state index in [0.717, 1.165) is 44.6 Å². The number of aliphatic imine (C=N–C) groups is 1. The quantitative estimate of drug-likeness (QED) is 0.596. The van der Waals surface area contributed by atoms with E-state index < -0.39 is 5.92 Å². The fraction of sp³-hybridized carbons (Fsp3) is 0.292. The molecule has 0 fully saturated rings. The summed E-state index contributed by atoms with van der Waals surface area (Å²) < 4.78 is 0.979.